The van der Waals surface area contributed by atoms with Gasteiger partial charge in [0.2, 0.25) is 6.05 Å². The van der Waals surface area contributed by atoms with Crippen LogP contribution < -0.4 is 0 Å². The van der Waals surface area contributed by atoms with Crippen LogP contribution in [0.1, 0.15) is 13.3 Å². The number of hydrogen-bond acceptors (Lipinski definition) is 2. The minimum absolute atomic E-state index is 0.253. The Hall–Kier alpha value is -0.713. The molecule has 0 unspecified atom stereocenters. The lowest BCUT2D eigenvalue weighted by atomic mass is 10.5. The van der Waals surface area contributed by atoms with Gasteiger partial charge in [0.15, 0.2) is 0 Å². The summed E-state index contributed by atoms with van der Waals surface area (Å²) in [6.45, 7) is 1.97. The molecule has 0 aromatic carbocycles. The van der Waals surface area contributed by atoms with Gasteiger partial charge in [0.05, 0.1) is 6.61 Å². The predicted molar refractivity (Wildman–Crippen MR) is 49.7 cm³/mol. The monoisotopic (exact) mass is 208 g/mol. The number of allylic oxidation sites excluding steroid dienone is 1. The van der Waals surface area contributed by atoms with Crippen LogP contribution >= 0.6 is 0 Å². The maximum atomic E-state index is 11.7. The Balaban J connectivity index is 3.21. The largest absolute Gasteiger partial charge is 0.463 e. The quantitative estimate of drug-likeness (QED) is 0.285. The third-order valence-corrected chi connectivity index (χ3v) is 2.71. The highest BCUT2D eigenvalue weighted by molar-refractivity contribution is 6.36. The molecule has 0 fully saturated rings. The number of hydrogen-bond donors (Lipinski definition) is 0. The third kappa shape index (κ3) is 9.20. The molecule has 76 valence electrons. The number of carbonyl (C=O) groups excluding carboxylic acids is 1. The topological polar surface area (TPSA) is 26.3 Å². The molecule has 0 spiro atoms. The molecule has 0 saturated carbocycles. The van der Waals surface area contributed by atoms with Gasteiger partial charge in [-0.25, -0.2) is 13.6 Å². The number of rotatable bonds is 6. The number of ether oxygens (including phenoxy) is 1. The average Bonchev–Trinajstić information content (AvgIpc) is 2.03. The summed E-state index contributed by atoms with van der Waals surface area (Å²) in [6, 6.07) is -1.59. The summed E-state index contributed by atoms with van der Waals surface area (Å²) in [4.78, 5) is 10.7. The van der Waals surface area contributed by atoms with Gasteiger partial charge in [-0.3, -0.25) is 0 Å². The average molecular weight is 208 g/mol. The molecule has 0 saturated heterocycles. The first-order valence-corrected chi connectivity index (χ1v) is 6.06. The first-order chi connectivity index (χ1) is 6.16. The van der Waals surface area contributed by atoms with Gasteiger partial charge < -0.3 is 4.74 Å². The third-order valence-electron chi connectivity index (χ3n) is 1.36. The zero-order valence-corrected chi connectivity index (χ0v) is 9.05. The number of halogens is 2. The van der Waals surface area contributed by atoms with Crippen LogP contribution in [0.25, 0.3) is 0 Å². The lowest BCUT2D eigenvalue weighted by molar-refractivity contribution is -0.137. The van der Waals surface area contributed by atoms with Crippen molar-refractivity contribution in [1.82, 2.24) is 0 Å². The Labute approximate surface area is 78.8 Å². The number of esters is 1. The van der Waals surface area contributed by atoms with Gasteiger partial charge in [0.1, 0.15) is 9.52 Å². The maximum absolute atomic E-state index is 11.7. The highest BCUT2D eigenvalue weighted by atomic mass is 28.2. The molecule has 0 N–H and O–H groups in total. The van der Waals surface area contributed by atoms with Crippen molar-refractivity contribution in [2.75, 3.05) is 6.61 Å². The zero-order valence-electron chi connectivity index (χ0n) is 7.63. The van der Waals surface area contributed by atoms with Crippen molar-refractivity contribution >= 4 is 15.5 Å². The van der Waals surface area contributed by atoms with Crippen LogP contribution in [-0.2, 0) is 9.53 Å². The van der Waals surface area contributed by atoms with Crippen LogP contribution in [0.3, 0.4) is 0 Å². The van der Waals surface area contributed by atoms with Crippen molar-refractivity contribution in [3.8, 4) is 0 Å². The van der Waals surface area contributed by atoms with Crippen LogP contribution in [0, 0.1) is 0 Å². The summed E-state index contributed by atoms with van der Waals surface area (Å²) in [5.41, 5.74) is 0. The summed E-state index contributed by atoms with van der Waals surface area (Å²) in [7, 11) is -1.25. The Kier molecular flexibility index (Phi) is 7.48. The molecular formula is C8H14F2O2Si. The summed E-state index contributed by atoms with van der Waals surface area (Å²) >= 11 is 0. The second-order valence-corrected chi connectivity index (χ2v) is 4.46. The van der Waals surface area contributed by atoms with Gasteiger partial charge in [-0.2, -0.15) is 0 Å². The molecule has 0 bridgehead atoms. The van der Waals surface area contributed by atoms with Gasteiger partial charge in [0, 0.05) is 6.08 Å². The maximum Gasteiger partial charge on any atom is 0.330 e. The lowest BCUT2D eigenvalue weighted by Gasteiger charge is -2.00. The van der Waals surface area contributed by atoms with E-state index in [0.717, 1.165) is 0 Å². The molecule has 0 aromatic rings. The van der Waals surface area contributed by atoms with Crippen molar-refractivity contribution < 1.29 is 18.3 Å². The van der Waals surface area contributed by atoms with Crippen molar-refractivity contribution in [2.45, 2.75) is 25.4 Å². The fraction of sp³-hybridized carbons (Fsp3) is 0.625. The molecule has 5 heteroatoms. The molecule has 0 atom stereocenters. The van der Waals surface area contributed by atoms with Crippen LogP contribution in [-0.4, -0.2) is 28.1 Å². The minimum Gasteiger partial charge on any atom is -0.463 e. The van der Waals surface area contributed by atoms with E-state index in [1.807, 2.05) is 0 Å². The Morgan fingerprint density at radius 1 is 1.62 bits per heavy atom. The minimum atomic E-state index is -2.12. The zero-order chi connectivity index (χ0) is 10.1. The fourth-order valence-electron chi connectivity index (χ4n) is 0.758. The van der Waals surface area contributed by atoms with E-state index in [9.17, 15) is 13.6 Å². The Morgan fingerprint density at radius 2 is 2.31 bits per heavy atom. The van der Waals surface area contributed by atoms with Crippen molar-refractivity contribution in [3.05, 3.63) is 12.2 Å². The highest BCUT2D eigenvalue weighted by Crippen LogP contribution is 1.97. The van der Waals surface area contributed by atoms with Gasteiger partial charge >= 0.3 is 5.97 Å². The molecule has 2 nitrogen and oxygen atoms in total. The van der Waals surface area contributed by atoms with Crippen LogP contribution in [0.5, 0.6) is 0 Å². The summed E-state index contributed by atoms with van der Waals surface area (Å²) in [5, 5.41) is 0. The molecule has 0 aromatic heterocycles. The molecule has 0 radical (unpaired) electrons. The Bertz CT molecular complexity index is 172. The standard InChI is InChI=1S/C8H14F2O2Si/c1-2-4-7(11)12-5-3-6-13-8(9)10/h2,4,8H,3,5-6,13H2,1H3. The summed E-state index contributed by atoms with van der Waals surface area (Å²) < 4.78 is 28.1. The van der Waals surface area contributed by atoms with E-state index in [-0.39, 0.29) is 6.61 Å². The van der Waals surface area contributed by atoms with Crippen LogP contribution in [0.15, 0.2) is 12.2 Å². The van der Waals surface area contributed by atoms with E-state index in [1.54, 1.807) is 13.0 Å². The smallest absolute Gasteiger partial charge is 0.330 e. The highest BCUT2D eigenvalue weighted by Gasteiger charge is 2.02. The van der Waals surface area contributed by atoms with Crippen molar-refractivity contribution in [3.63, 3.8) is 0 Å². The molecule has 0 heterocycles. The van der Waals surface area contributed by atoms with Crippen molar-refractivity contribution in [2.24, 2.45) is 0 Å². The predicted octanol–water partition coefficient (Wildman–Crippen LogP) is 1.31. The summed E-state index contributed by atoms with van der Waals surface area (Å²) in [6.07, 6.45) is 3.45. The molecule has 0 amide bonds. The molecule has 0 aliphatic rings. The fourth-order valence-corrected chi connectivity index (χ4v) is 1.56. The molecule has 0 aliphatic heterocycles. The first kappa shape index (κ1) is 12.3. The SMILES string of the molecule is CC=CC(=O)OCCC[SiH2]C(F)F. The molecular weight excluding hydrogens is 194 g/mol. The number of alkyl halides is 2. The van der Waals surface area contributed by atoms with E-state index >= 15 is 0 Å². The Morgan fingerprint density at radius 3 is 2.85 bits per heavy atom. The van der Waals surface area contributed by atoms with Crippen LogP contribution in [0.2, 0.25) is 6.04 Å². The van der Waals surface area contributed by atoms with E-state index in [0.29, 0.717) is 12.5 Å². The molecule has 13 heavy (non-hydrogen) atoms. The van der Waals surface area contributed by atoms with Gasteiger partial charge in [-0.05, 0) is 13.3 Å². The molecule has 0 aliphatic carbocycles. The van der Waals surface area contributed by atoms with Gasteiger partial charge in [0.25, 0.3) is 0 Å². The van der Waals surface area contributed by atoms with Crippen LogP contribution in [0.4, 0.5) is 8.78 Å². The van der Waals surface area contributed by atoms with E-state index in [2.05, 4.69) is 0 Å². The van der Waals surface area contributed by atoms with E-state index in [1.165, 1.54) is 6.08 Å². The second-order valence-electron chi connectivity index (χ2n) is 2.55. The normalized spacial score (nSPS) is 12.0. The van der Waals surface area contributed by atoms with Crippen molar-refractivity contribution in [1.29, 1.82) is 0 Å². The molecule has 0 rings (SSSR count). The summed E-state index contributed by atoms with van der Waals surface area (Å²) in [5.74, 6) is -0.402. The van der Waals surface area contributed by atoms with Gasteiger partial charge in [-0.1, -0.05) is 12.1 Å². The first-order valence-electron chi connectivity index (χ1n) is 4.24. The number of carbonyl (C=O) groups is 1. The van der Waals surface area contributed by atoms with E-state index in [4.69, 9.17) is 4.74 Å². The second kappa shape index (κ2) is 7.91. The lowest BCUT2D eigenvalue weighted by Crippen LogP contribution is -2.07. The van der Waals surface area contributed by atoms with Gasteiger partial charge in [-0.15, -0.1) is 0 Å². The van der Waals surface area contributed by atoms with E-state index < -0.39 is 21.5 Å².